The molecule has 0 fully saturated rings. The lowest BCUT2D eigenvalue weighted by molar-refractivity contribution is 0.102. The average Bonchev–Trinajstić information content (AvgIpc) is 2.79. The first-order chi connectivity index (χ1) is 15.1. The minimum absolute atomic E-state index is 0.258. The highest BCUT2D eigenvalue weighted by Gasteiger charge is 2.16. The number of hydrogen-bond donors (Lipinski definition) is 2. The topological polar surface area (TPSA) is 76.1 Å². The fourth-order valence-electron chi connectivity index (χ4n) is 2.96. The molecular weight excluding hydrogens is 412 g/mol. The van der Waals surface area contributed by atoms with Crippen molar-refractivity contribution in [3.05, 3.63) is 83.5 Å². The molecule has 0 radical (unpaired) electrons. The molecule has 0 saturated heterocycles. The Bertz CT molecular complexity index is 1190. The quantitative estimate of drug-likeness (QED) is 0.366. The van der Waals surface area contributed by atoms with Crippen LogP contribution in [0.4, 0.5) is 11.5 Å². The Hall–Kier alpha value is -3.64. The molecule has 0 unspecified atom stereocenters. The molecule has 0 aliphatic rings. The van der Waals surface area contributed by atoms with Gasteiger partial charge in [-0.25, -0.2) is 9.97 Å². The highest BCUT2D eigenvalue weighted by atomic mass is 35.5. The molecule has 0 spiro atoms. The summed E-state index contributed by atoms with van der Waals surface area (Å²) in [5.74, 6) is 1.47. The summed E-state index contributed by atoms with van der Waals surface area (Å²) in [7, 11) is 0. The molecule has 7 heteroatoms. The standard InChI is InChI=1S/C24H21ClN4O2/c1-2-15-26-23-22(28-20-5-3-4-6-21(20)29-23)24(30)27-17-9-13-19(14-10-17)31-18-11-7-16(25)8-12-18/h3-14H,2,15H2,1H3,(H,26,29)(H,27,30). The third-order valence-electron chi connectivity index (χ3n) is 4.49. The van der Waals surface area contributed by atoms with Gasteiger partial charge in [0, 0.05) is 17.3 Å². The first kappa shape index (κ1) is 20.6. The molecule has 2 N–H and O–H groups in total. The highest BCUT2D eigenvalue weighted by molar-refractivity contribution is 6.30. The summed E-state index contributed by atoms with van der Waals surface area (Å²) in [6, 6.07) is 21.7. The van der Waals surface area contributed by atoms with E-state index < -0.39 is 0 Å². The SMILES string of the molecule is CCCNc1nc2ccccc2nc1C(=O)Nc1ccc(Oc2ccc(Cl)cc2)cc1. The van der Waals surface area contributed by atoms with Crippen molar-refractivity contribution in [2.24, 2.45) is 0 Å². The van der Waals surface area contributed by atoms with Crippen LogP contribution in [0.5, 0.6) is 11.5 Å². The van der Waals surface area contributed by atoms with Crippen molar-refractivity contribution in [3.63, 3.8) is 0 Å². The van der Waals surface area contributed by atoms with E-state index in [1.807, 2.05) is 24.3 Å². The number of hydrogen-bond acceptors (Lipinski definition) is 5. The molecule has 31 heavy (non-hydrogen) atoms. The van der Waals surface area contributed by atoms with E-state index in [1.165, 1.54) is 0 Å². The third kappa shape index (κ3) is 5.10. The second-order valence-corrected chi connectivity index (χ2v) is 7.31. The van der Waals surface area contributed by atoms with Crippen LogP contribution in [-0.4, -0.2) is 22.4 Å². The number of anilines is 2. The number of carbonyl (C=O) groups excluding carboxylic acids is 1. The predicted molar refractivity (Wildman–Crippen MR) is 124 cm³/mol. The van der Waals surface area contributed by atoms with E-state index in [9.17, 15) is 4.79 Å². The van der Waals surface area contributed by atoms with Crippen LogP contribution in [0.1, 0.15) is 23.8 Å². The van der Waals surface area contributed by atoms with Crippen LogP contribution in [0, 0.1) is 0 Å². The maximum atomic E-state index is 13.0. The van der Waals surface area contributed by atoms with Gasteiger partial charge in [-0.05, 0) is 67.1 Å². The lowest BCUT2D eigenvalue weighted by Crippen LogP contribution is -2.18. The molecular formula is C24H21ClN4O2. The van der Waals surface area contributed by atoms with E-state index >= 15 is 0 Å². The summed E-state index contributed by atoms with van der Waals surface area (Å²) in [5.41, 5.74) is 2.29. The van der Waals surface area contributed by atoms with Crippen LogP contribution in [0.3, 0.4) is 0 Å². The van der Waals surface area contributed by atoms with Crippen molar-refractivity contribution < 1.29 is 9.53 Å². The van der Waals surface area contributed by atoms with Crippen molar-refractivity contribution in [1.82, 2.24) is 9.97 Å². The number of ether oxygens (including phenoxy) is 1. The predicted octanol–water partition coefficient (Wildman–Crippen LogP) is 6.15. The fourth-order valence-corrected chi connectivity index (χ4v) is 3.09. The summed E-state index contributed by atoms with van der Waals surface area (Å²) in [6.45, 7) is 2.75. The van der Waals surface area contributed by atoms with E-state index in [0.717, 1.165) is 11.9 Å². The normalized spacial score (nSPS) is 10.6. The largest absolute Gasteiger partial charge is 0.457 e. The Labute approximate surface area is 185 Å². The summed E-state index contributed by atoms with van der Waals surface area (Å²) in [5, 5.41) is 6.73. The van der Waals surface area contributed by atoms with Gasteiger partial charge < -0.3 is 15.4 Å². The van der Waals surface area contributed by atoms with Crippen molar-refractivity contribution in [2.75, 3.05) is 17.2 Å². The van der Waals surface area contributed by atoms with Gasteiger partial charge in [0.05, 0.1) is 11.0 Å². The second kappa shape index (κ2) is 9.45. The van der Waals surface area contributed by atoms with Gasteiger partial charge in [0.2, 0.25) is 0 Å². The number of amides is 1. The Kier molecular flexibility index (Phi) is 6.29. The van der Waals surface area contributed by atoms with Gasteiger partial charge in [0.1, 0.15) is 11.5 Å². The molecule has 1 amide bonds. The maximum Gasteiger partial charge on any atom is 0.278 e. The van der Waals surface area contributed by atoms with E-state index in [-0.39, 0.29) is 11.6 Å². The van der Waals surface area contributed by atoms with Gasteiger partial charge in [0.25, 0.3) is 5.91 Å². The molecule has 0 atom stereocenters. The van der Waals surface area contributed by atoms with E-state index in [0.29, 0.717) is 40.1 Å². The molecule has 1 heterocycles. The van der Waals surface area contributed by atoms with Gasteiger partial charge in [-0.3, -0.25) is 4.79 Å². The van der Waals surface area contributed by atoms with Crippen molar-refractivity contribution in [1.29, 1.82) is 0 Å². The molecule has 4 aromatic rings. The molecule has 1 aromatic heterocycles. The van der Waals surface area contributed by atoms with Gasteiger partial charge in [-0.2, -0.15) is 0 Å². The number of para-hydroxylation sites is 2. The summed E-state index contributed by atoms with van der Waals surface area (Å²) >= 11 is 5.90. The third-order valence-corrected chi connectivity index (χ3v) is 4.74. The number of benzene rings is 3. The minimum atomic E-state index is -0.330. The smallest absolute Gasteiger partial charge is 0.278 e. The van der Waals surface area contributed by atoms with Gasteiger partial charge in [-0.15, -0.1) is 0 Å². The lowest BCUT2D eigenvalue weighted by Gasteiger charge is -2.12. The molecule has 0 saturated carbocycles. The molecule has 4 rings (SSSR count). The second-order valence-electron chi connectivity index (χ2n) is 6.87. The van der Waals surface area contributed by atoms with Gasteiger partial charge in [0.15, 0.2) is 11.5 Å². The summed E-state index contributed by atoms with van der Waals surface area (Å²) in [4.78, 5) is 22.1. The number of rotatable bonds is 7. The molecule has 0 aliphatic carbocycles. The first-order valence-electron chi connectivity index (χ1n) is 9.98. The zero-order valence-corrected chi connectivity index (χ0v) is 17.7. The Morgan fingerprint density at radius 1 is 0.903 bits per heavy atom. The number of carbonyl (C=O) groups is 1. The Balaban J connectivity index is 1.52. The van der Waals surface area contributed by atoms with Crippen molar-refractivity contribution in [3.8, 4) is 11.5 Å². The number of nitrogens with zero attached hydrogens (tertiary/aromatic N) is 2. The Morgan fingerprint density at radius 2 is 1.52 bits per heavy atom. The lowest BCUT2D eigenvalue weighted by atomic mass is 10.2. The maximum absolute atomic E-state index is 13.0. The number of halogens is 1. The molecule has 156 valence electrons. The molecule has 0 bridgehead atoms. The first-order valence-corrected chi connectivity index (χ1v) is 10.4. The van der Waals surface area contributed by atoms with Crippen molar-refractivity contribution >= 4 is 40.0 Å². The van der Waals surface area contributed by atoms with Crippen LogP contribution in [-0.2, 0) is 0 Å². The number of fused-ring (bicyclic) bond motifs is 1. The summed E-state index contributed by atoms with van der Waals surface area (Å²) in [6.07, 6.45) is 0.907. The Morgan fingerprint density at radius 3 is 2.16 bits per heavy atom. The van der Waals surface area contributed by atoms with Gasteiger partial charge in [-0.1, -0.05) is 30.7 Å². The molecule has 0 aliphatic heterocycles. The zero-order valence-electron chi connectivity index (χ0n) is 16.9. The number of aromatic nitrogens is 2. The van der Waals surface area contributed by atoms with Crippen LogP contribution >= 0.6 is 11.6 Å². The van der Waals surface area contributed by atoms with E-state index in [4.69, 9.17) is 16.3 Å². The fraction of sp³-hybridized carbons (Fsp3) is 0.125. The van der Waals surface area contributed by atoms with Crippen LogP contribution in [0.25, 0.3) is 11.0 Å². The van der Waals surface area contributed by atoms with E-state index in [2.05, 4.69) is 27.5 Å². The van der Waals surface area contributed by atoms with E-state index in [1.54, 1.807) is 48.5 Å². The number of nitrogens with one attached hydrogen (secondary N) is 2. The molecule has 6 nitrogen and oxygen atoms in total. The van der Waals surface area contributed by atoms with Crippen LogP contribution in [0.2, 0.25) is 5.02 Å². The van der Waals surface area contributed by atoms with Gasteiger partial charge >= 0.3 is 0 Å². The molecule has 3 aromatic carbocycles. The average molecular weight is 433 g/mol. The monoisotopic (exact) mass is 432 g/mol. The minimum Gasteiger partial charge on any atom is -0.457 e. The van der Waals surface area contributed by atoms with Crippen LogP contribution < -0.4 is 15.4 Å². The zero-order chi connectivity index (χ0) is 21.6. The van der Waals surface area contributed by atoms with Crippen LogP contribution in [0.15, 0.2) is 72.8 Å². The van der Waals surface area contributed by atoms with Crippen molar-refractivity contribution in [2.45, 2.75) is 13.3 Å². The highest BCUT2D eigenvalue weighted by Crippen LogP contribution is 2.25. The summed E-state index contributed by atoms with van der Waals surface area (Å²) < 4.78 is 5.79.